The third-order valence-corrected chi connectivity index (χ3v) is 3.52. The molecule has 6 heteroatoms. The SMILES string of the molecule is Cc1cc(OC(=O)CCC(C)C)n(-c2nc3ccccc3[nH]2)n1. The van der Waals surface area contributed by atoms with Crippen molar-refractivity contribution in [3.05, 3.63) is 36.0 Å². The number of nitrogens with one attached hydrogen (secondary N) is 1. The van der Waals surface area contributed by atoms with Gasteiger partial charge in [-0.15, -0.1) is 0 Å². The molecule has 0 aliphatic rings. The number of rotatable bonds is 5. The molecule has 2 aromatic heterocycles. The number of hydrogen-bond donors (Lipinski definition) is 1. The van der Waals surface area contributed by atoms with Crippen LogP contribution >= 0.6 is 0 Å². The quantitative estimate of drug-likeness (QED) is 0.733. The summed E-state index contributed by atoms with van der Waals surface area (Å²) >= 11 is 0. The molecule has 0 spiro atoms. The zero-order valence-corrected chi connectivity index (χ0v) is 13.5. The monoisotopic (exact) mass is 312 g/mol. The fraction of sp³-hybridized carbons (Fsp3) is 0.353. The first kappa shape index (κ1) is 15.3. The molecule has 23 heavy (non-hydrogen) atoms. The lowest BCUT2D eigenvalue weighted by atomic mass is 10.1. The van der Waals surface area contributed by atoms with Crippen molar-refractivity contribution in [3.63, 3.8) is 0 Å². The Hall–Kier alpha value is -2.63. The molecule has 0 bridgehead atoms. The topological polar surface area (TPSA) is 72.8 Å². The van der Waals surface area contributed by atoms with E-state index in [1.807, 2.05) is 31.2 Å². The molecule has 0 saturated carbocycles. The summed E-state index contributed by atoms with van der Waals surface area (Å²) < 4.78 is 7.00. The summed E-state index contributed by atoms with van der Waals surface area (Å²) in [6.45, 7) is 6.01. The van der Waals surface area contributed by atoms with Gasteiger partial charge in [0.15, 0.2) is 0 Å². The fourth-order valence-corrected chi connectivity index (χ4v) is 2.31. The van der Waals surface area contributed by atoms with Crippen LogP contribution in [0.3, 0.4) is 0 Å². The molecule has 0 fully saturated rings. The van der Waals surface area contributed by atoms with E-state index in [1.54, 1.807) is 6.07 Å². The molecule has 3 rings (SSSR count). The van der Waals surface area contributed by atoms with Crippen LogP contribution in [0.4, 0.5) is 0 Å². The molecule has 0 saturated heterocycles. The predicted molar refractivity (Wildman–Crippen MR) is 87.7 cm³/mol. The van der Waals surface area contributed by atoms with Crippen molar-refractivity contribution in [3.8, 4) is 11.8 Å². The highest BCUT2D eigenvalue weighted by Crippen LogP contribution is 2.21. The average molecular weight is 312 g/mol. The maximum absolute atomic E-state index is 12.0. The van der Waals surface area contributed by atoms with Gasteiger partial charge in [0.05, 0.1) is 16.7 Å². The molecule has 1 aromatic carbocycles. The van der Waals surface area contributed by atoms with Crippen LogP contribution in [0.15, 0.2) is 30.3 Å². The minimum atomic E-state index is -0.254. The van der Waals surface area contributed by atoms with Crippen LogP contribution in [0.1, 0.15) is 32.4 Å². The third kappa shape index (κ3) is 3.41. The second-order valence-corrected chi connectivity index (χ2v) is 6.02. The lowest BCUT2D eigenvalue weighted by Crippen LogP contribution is -2.12. The largest absolute Gasteiger partial charge is 0.407 e. The first-order valence-corrected chi connectivity index (χ1v) is 7.75. The van der Waals surface area contributed by atoms with E-state index in [4.69, 9.17) is 4.74 Å². The molecular formula is C17H20N4O2. The van der Waals surface area contributed by atoms with E-state index in [2.05, 4.69) is 28.9 Å². The number of ether oxygens (including phenoxy) is 1. The molecule has 0 atom stereocenters. The van der Waals surface area contributed by atoms with Crippen LogP contribution in [0, 0.1) is 12.8 Å². The number of carbonyl (C=O) groups is 1. The van der Waals surface area contributed by atoms with Gasteiger partial charge in [0.1, 0.15) is 0 Å². The van der Waals surface area contributed by atoms with Gasteiger partial charge in [-0.2, -0.15) is 9.78 Å². The van der Waals surface area contributed by atoms with Crippen molar-refractivity contribution in [1.29, 1.82) is 0 Å². The lowest BCUT2D eigenvalue weighted by molar-refractivity contribution is -0.135. The maximum Gasteiger partial charge on any atom is 0.312 e. The molecule has 2 heterocycles. The van der Waals surface area contributed by atoms with E-state index in [0.717, 1.165) is 23.1 Å². The van der Waals surface area contributed by atoms with E-state index < -0.39 is 0 Å². The Morgan fingerprint density at radius 1 is 1.35 bits per heavy atom. The summed E-state index contributed by atoms with van der Waals surface area (Å²) in [5.41, 5.74) is 2.51. The van der Waals surface area contributed by atoms with Crippen LogP contribution in [0.2, 0.25) is 0 Å². The Morgan fingerprint density at radius 2 is 2.13 bits per heavy atom. The van der Waals surface area contributed by atoms with Gasteiger partial charge in [-0.25, -0.2) is 4.98 Å². The van der Waals surface area contributed by atoms with Crippen LogP contribution in [-0.4, -0.2) is 25.7 Å². The smallest absolute Gasteiger partial charge is 0.312 e. The van der Waals surface area contributed by atoms with Gasteiger partial charge < -0.3 is 9.72 Å². The highest BCUT2D eigenvalue weighted by Gasteiger charge is 2.16. The number of esters is 1. The third-order valence-electron chi connectivity index (χ3n) is 3.52. The van der Waals surface area contributed by atoms with Crippen LogP contribution in [0.25, 0.3) is 17.0 Å². The second-order valence-electron chi connectivity index (χ2n) is 6.02. The van der Waals surface area contributed by atoms with Crippen molar-refractivity contribution in [2.75, 3.05) is 0 Å². The zero-order valence-electron chi connectivity index (χ0n) is 13.5. The number of fused-ring (bicyclic) bond motifs is 1. The molecule has 0 unspecified atom stereocenters. The van der Waals surface area contributed by atoms with Crippen LogP contribution < -0.4 is 4.74 Å². The molecule has 1 N–H and O–H groups in total. The van der Waals surface area contributed by atoms with Gasteiger partial charge >= 0.3 is 5.97 Å². The van der Waals surface area contributed by atoms with E-state index in [-0.39, 0.29) is 5.97 Å². The van der Waals surface area contributed by atoms with Crippen LogP contribution in [-0.2, 0) is 4.79 Å². The van der Waals surface area contributed by atoms with Gasteiger partial charge in [0.2, 0.25) is 11.8 Å². The number of carbonyl (C=O) groups excluding carboxylic acids is 1. The highest BCUT2D eigenvalue weighted by molar-refractivity contribution is 5.76. The number of aromatic amines is 1. The van der Waals surface area contributed by atoms with Crippen molar-refractivity contribution in [2.24, 2.45) is 5.92 Å². The normalized spacial score (nSPS) is 11.3. The zero-order chi connectivity index (χ0) is 16.4. The second kappa shape index (κ2) is 6.24. The Morgan fingerprint density at radius 3 is 2.87 bits per heavy atom. The van der Waals surface area contributed by atoms with Crippen molar-refractivity contribution in [1.82, 2.24) is 19.7 Å². The number of aromatic nitrogens is 4. The highest BCUT2D eigenvalue weighted by atomic mass is 16.5. The molecule has 0 aliphatic heterocycles. The summed E-state index contributed by atoms with van der Waals surface area (Å²) in [6.07, 6.45) is 1.19. The van der Waals surface area contributed by atoms with Crippen molar-refractivity contribution in [2.45, 2.75) is 33.6 Å². The standard InChI is InChI=1S/C17H20N4O2/c1-11(2)8-9-16(22)23-15-10-12(3)20-21(15)17-18-13-6-4-5-7-14(13)19-17/h4-7,10-11H,8-9H2,1-3H3,(H,18,19). The molecule has 3 aromatic rings. The van der Waals surface area contributed by atoms with Crippen molar-refractivity contribution >= 4 is 17.0 Å². The van der Waals surface area contributed by atoms with E-state index in [1.165, 1.54) is 4.68 Å². The minimum Gasteiger partial charge on any atom is -0.407 e. The Balaban J connectivity index is 1.87. The predicted octanol–water partition coefficient (Wildman–Crippen LogP) is 3.40. The number of imidazole rings is 1. The molecule has 0 amide bonds. The van der Waals surface area contributed by atoms with Gasteiger partial charge in [-0.1, -0.05) is 26.0 Å². The van der Waals surface area contributed by atoms with E-state index in [0.29, 0.717) is 24.2 Å². The van der Waals surface area contributed by atoms with Gasteiger partial charge in [-0.05, 0) is 31.4 Å². The van der Waals surface area contributed by atoms with Gasteiger partial charge in [-0.3, -0.25) is 4.79 Å². The van der Waals surface area contributed by atoms with Crippen molar-refractivity contribution < 1.29 is 9.53 Å². The Bertz CT molecular complexity index is 799. The molecule has 6 nitrogen and oxygen atoms in total. The minimum absolute atomic E-state index is 0.254. The Kier molecular flexibility index (Phi) is 4.14. The lowest BCUT2D eigenvalue weighted by Gasteiger charge is -2.06. The summed E-state index contributed by atoms with van der Waals surface area (Å²) in [7, 11) is 0. The number of aryl methyl sites for hydroxylation is 1. The number of para-hydroxylation sites is 2. The fourth-order valence-electron chi connectivity index (χ4n) is 2.31. The van der Waals surface area contributed by atoms with E-state index in [9.17, 15) is 4.79 Å². The maximum atomic E-state index is 12.0. The molecule has 120 valence electrons. The van der Waals surface area contributed by atoms with Gasteiger partial charge in [0, 0.05) is 12.5 Å². The van der Waals surface area contributed by atoms with Crippen LogP contribution in [0.5, 0.6) is 5.88 Å². The molecule has 0 radical (unpaired) electrons. The Labute approximate surface area is 134 Å². The number of H-pyrrole nitrogens is 1. The first-order valence-electron chi connectivity index (χ1n) is 7.75. The number of nitrogens with zero attached hydrogens (tertiary/aromatic N) is 3. The first-order chi connectivity index (χ1) is 11.0. The van der Waals surface area contributed by atoms with E-state index >= 15 is 0 Å². The number of benzene rings is 1. The van der Waals surface area contributed by atoms with Gasteiger partial charge in [0.25, 0.3) is 0 Å². The molecule has 0 aliphatic carbocycles. The summed E-state index contributed by atoms with van der Waals surface area (Å²) in [4.78, 5) is 19.7. The average Bonchev–Trinajstić information content (AvgIpc) is 3.08. The summed E-state index contributed by atoms with van der Waals surface area (Å²) in [5, 5.41) is 4.37. The summed E-state index contributed by atoms with van der Waals surface area (Å²) in [6, 6.07) is 9.45. The number of hydrogen-bond acceptors (Lipinski definition) is 4. The molecular weight excluding hydrogens is 292 g/mol. The summed E-state index contributed by atoms with van der Waals surface area (Å²) in [5.74, 6) is 1.13.